The number of aromatic nitrogens is 2. The topological polar surface area (TPSA) is 52.1 Å². The van der Waals surface area contributed by atoms with Crippen LogP contribution in [0.2, 0.25) is 0 Å². The fourth-order valence-corrected chi connectivity index (χ4v) is 4.04. The largest absolute Gasteiger partial charge is 0.462 e. The average Bonchev–Trinajstić information content (AvgIpc) is 3.13. The molecule has 3 rings (SSSR count). The summed E-state index contributed by atoms with van der Waals surface area (Å²) in [5, 5.41) is 10.5. The quantitative estimate of drug-likeness (QED) is 0.678. The molecule has 6 heteroatoms. The van der Waals surface area contributed by atoms with Gasteiger partial charge >= 0.3 is 5.97 Å². The summed E-state index contributed by atoms with van der Waals surface area (Å²) in [7, 11) is 0. The second-order valence-electron chi connectivity index (χ2n) is 4.41. The van der Waals surface area contributed by atoms with E-state index in [9.17, 15) is 4.79 Å². The van der Waals surface area contributed by atoms with Crippen LogP contribution < -0.4 is 0 Å². The van der Waals surface area contributed by atoms with E-state index in [2.05, 4.69) is 10.2 Å². The molecule has 0 spiro atoms. The summed E-state index contributed by atoms with van der Waals surface area (Å²) >= 11 is 3.02. The highest BCUT2D eigenvalue weighted by Gasteiger charge is 2.23. The molecule has 0 atom stereocenters. The zero-order valence-corrected chi connectivity index (χ0v) is 13.4. The maximum Gasteiger partial charge on any atom is 0.349 e. The number of hydrogen-bond acceptors (Lipinski definition) is 6. The predicted molar refractivity (Wildman–Crippen MR) is 86.1 cm³/mol. The third kappa shape index (κ3) is 2.56. The number of carbonyl (C=O) groups is 1. The third-order valence-electron chi connectivity index (χ3n) is 3.08. The Kier molecular flexibility index (Phi) is 3.98. The first kappa shape index (κ1) is 14.2. The Balaban J connectivity index is 2.24. The molecule has 0 aliphatic carbocycles. The summed E-state index contributed by atoms with van der Waals surface area (Å²) in [4.78, 5) is 13.9. The first-order valence-electron chi connectivity index (χ1n) is 6.74. The van der Waals surface area contributed by atoms with Crippen LogP contribution in [0.3, 0.4) is 0 Å². The Labute approximate surface area is 130 Å². The van der Waals surface area contributed by atoms with Gasteiger partial charge in [0.1, 0.15) is 10.4 Å². The molecule has 108 valence electrons. The lowest BCUT2D eigenvalue weighted by atomic mass is 10.1. The molecule has 4 nitrogen and oxygen atoms in total. The molecule has 0 bridgehead atoms. The van der Waals surface area contributed by atoms with Crippen molar-refractivity contribution in [3.63, 3.8) is 0 Å². The second-order valence-corrected chi connectivity index (χ2v) is 6.41. The Morgan fingerprint density at radius 2 is 2.19 bits per heavy atom. The molecule has 0 amide bonds. The van der Waals surface area contributed by atoms with Gasteiger partial charge in [0.25, 0.3) is 0 Å². The highest BCUT2D eigenvalue weighted by Crippen LogP contribution is 2.40. The van der Waals surface area contributed by atoms with Crippen LogP contribution in [0, 0.1) is 0 Å². The minimum Gasteiger partial charge on any atom is -0.462 e. The van der Waals surface area contributed by atoms with E-state index in [0.717, 1.165) is 32.8 Å². The van der Waals surface area contributed by atoms with Crippen molar-refractivity contribution in [3.8, 4) is 10.4 Å². The van der Waals surface area contributed by atoms with Crippen LogP contribution in [-0.4, -0.2) is 22.8 Å². The summed E-state index contributed by atoms with van der Waals surface area (Å²) < 4.78 is 6.16. The van der Waals surface area contributed by atoms with E-state index < -0.39 is 0 Å². The van der Waals surface area contributed by atoms with Gasteiger partial charge in [-0.1, -0.05) is 13.0 Å². The van der Waals surface area contributed by atoms with E-state index in [-0.39, 0.29) is 5.97 Å². The predicted octanol–water partition coefficient (Wildman–Crippen LogP) is 4.16. The number of ether oxygens (including phenoxy) is 1. The molecule has 0 aromatic carbocycles. The van der Waals surface area contributed by atoms with E-state index in [1.165, 1.54) is 11.3 Å². The van der Waals surface area contributed by atoms with Crippen molar-refractivity contribution >= 4 is 38.9 Å². The SMILES string of the molecule is CCOC(=O)c1sc2cc(CC)nnc2c1-c1cccs1. The molecule has 0 saturated carbocycles. The van der Waals surface area contributed by atoms with Gasteiger partial charge in [0.05, 0.1) is 17.0 Å². The lowest BCUT2D eigenvalue weighted by Crippen LogP contribution is -2.03. The number of nitrogens with zero attached hydrogens (tertiary/aromatic N) is 2. The number of hydrogen-bond donors (Lipinski definition) is 0. The van der Waals surface area contributed by atoms with Gasteiger partial charge in [-0.25, -0.2) is 4.79 Å². The Bertz CT molecular complexity index is 778. The minimum absolute atomic E-state index is 0.290. The molecule has 3 aromatic heterocycles. The zero-order chi connectivity index (χ0) is 14.8. The van der Waals surface area contributed by atoms with Gasteiger partial charge in [0.2, 0.25) is 0 Å². The second kappa shape index (κ2) is 5.91. The maximum atomic E-state index is 12.2. The average molecular weight is 318 g/mol. The van der Waals surface area contributed by atoms with Crippen LogP contribution in [0.15, 0.2) is 23.6 Å². The van der Waals surface area contributed by atoms with Gasteiger partial charge in [-0.05, 0) is 30.9 Å². The van der Waals surface area contributed by atoms with Gasteiger partial charge in [-0.3, -0.25) is 0 Å². The Morgan fingerprint density at radius 3 is 2.86 bits per heavy atom. The smallest absolute Gasteiger partial charge is 0.349 e. The molecule has 3 heterocycles. The van der Waals surface area contributed by atoms with Crippen LogP contribution in [0.5, 0.6) is 0 Å². The molecule has 0 radical (unpaired) electrons. The van der Waals surface area contributed by atoms with Gasteiger partial charge in [-0.2, -0.15) is 5.10 Å². The summed E-state index contributed by atoms with van der Waals surface area (Å²) in [6, 6.07) is 5.96. The molecule has 0 saturated heterocycles. The van der Waals surface area contributed by atoms with Crippen LogP contribution >= 0.6 is 22.7 Å². The Morgan fingerprint density at radius 1 is 1.33 bits per heavy atom. The van der Waals surface area contributed by atoms with Crippen molar-refractivity contribution < 1.29 is 9.53 Å². The van der Waals surface area contributed by atoms with Gasteiger partial charge in [0.15, 0.2) is 0 Å². The normalized spacial score (nSPS) is 11.0. The van der Waals surface area contributed by atoms with Crippen molar-refractivity contribution in [1.29, 1.82) is 0 Å². The first-order valence-corrected chi connectivity index (χ1v) is 8.44. The van der Waals surface area contributed by atoms with Crippen LogP contribution in [0.1, 0.15) is 29.2 Å². The maximum absolute atomic E-state index is 12.2. The molecule has 0 unspecified atom stereocenters. The molecule has 0 fully saturated rings. The van der Waals surface area contributed by atoms with E-state index >= 15 is 0 Å². The van der Waals surface area contributed by atoms with Gasteiger partial charge in [-0.15, -0.1) is 27.8 Å². The number of carbonyl (C=O) groups excluding carboxylic acids is 1. The minimum atomic E-state index is -0.290. The van der Waals surface area contributed by atoms with E-state index in [1.54, 1.807) is 11.3 Å². The molecule has 0 aliphatic heterocycles. The highest BCUT2D eigenvalue weighted by molar-refractivity contribution is 7.22. The summed E-state index contributed by atoms with van der Waals surface area (Å²) in [5.41, 5.74) is 2.55. The summed E-state index contributed by atoms with van der Waals surface area (Å²) in [6.07, 6.45) is 0.823. The standard InChI is InChI=1S/C15H14N2O2S2/c1-3-9-8-11-13(17-16-9)12(10-6-5-7-20-10)14(21-11)15(18)19-4-2/h5-8H,3-4H2,1-2H3. The lowest BCUT2D eigenvalue weighted by Gasteiger charge is -2.01. The van der Waals surface area contributed by atoms with E-state index in [0.29, 0.717) is 11.5 Å². The highest BCUT2D eigenvalue weighted by atomic mass is 32.1. The molecular weight excluding hydrogens is 304 g/mol. The molecule has 0 N–H and O–H groups in total. The van der Waals surface area contributed by atoms with Crippen molar-refractivity contribution in [2.24, 2.45) is 0 Å². The van der Waals surface area contributed by atoms with Gasteiger partial charge in [0, 0.05) is 10.4 Å². The fourth-order valence-electron chi connectivity index (χ4n) is 2.09. The van der Waals surface area contributed by atoms with Crippen molar-refractivity contribution in [2.45, 2.75) is 20.3 Å². The Hall–Kier alpha value is -1.79. The first-order chi connectivity index (χ1) is 10.2. The third-order valence-corrected chi connectivity index (χ3v) is 5.07. The monoisotopic (exact) mass is 318 g/mol. The molecular formula is C15H14N2O2S2. The van der Waals surface area contributed by atoms with E-state index in [4.69, 9.17) is 4.74 Å². The lowest BCUT2D eigenvalue weighted by molar-refractivity contribution is 0.0533. The number of fused-ring (bicyclic) bond motifs is 1. The number of thiophene rings is 2. The number of aryl methyl sites for hydroxylation is 1. The molecule has 21 heavy (non-hydrogen) atoms. The summed E-state index contributed by atoms with van der Waals surface area (Å²) in [6.45, 7) is 4.21. The van der Waals surface area contributed by atoms with Gasteiger partial charge < -0.3 is 4.74 Å². The van der Waals surface area contributed by atoms with E-state index in [1.807, 2.05) is 37.4 Å². The number of rotatable bonds is 4. The van der Waals surface area contributed by atoms with Crippen molar-refractivity contribution in [1.82, 2.24) is 10.2 Å². The molecule has 3 aromatic rings. The van der Waals surface area contributed by atoms with Crippen LogP contribution in [0.4, 0.5) is 0 Å². The number of esters is 1. The van der Waals surface area contributed by atoms with Crippen LogP contribution in [0.25, 0.3) is 20.7 Å². The fraction of sp³-hybridized carbons (Fsp3) is 0.267. The summed E-state index contributed by atoms with van der Waals surface area (Å²) in [5.74, 6) is -0.290. The van der Waals surface area contributed by atoms with Crippen molar-refractivity contribution in [3.05, 3.63) is 34.2 Å². The van der Waals surface area contributed by atoms with Crippen LogP contribution in [-0.2, 0) is 11.2 Å². The zero-order valence-electron chi connectivity index (χ0n) is 11.8. The molecule has 0 aliphatic rings. The van der Waals surface area contributed by atoms with Crippen molar-refractivity contribution in [2.75, 3.05) is 6.61 Å².